The molecule has 1 spiro atoms. The van der Waals surface area contributed by atoms with Crippen molar-refractivity contribution in [1.29, 1.82) is 0 Å². The van der Waals surface area contributed by atoms with Crippen molar-refractivity contribution >= 4 is 22.8 Å². The van der Waals surface area contributed by atoms with Crippen LogP contribution in [0.4, 0.5) is 14.6 Å². The second-order valence-corrected chi connectivity index (χ2v) is 6.21. The molecule has 2 saturated heterocycles. The van der Waals surface area contributed by atoms with E-state index in [9.17, 15) is 13.6 Å². The van der Waals surface area contributed by atoms with E-state index in [0.29, 0.717) is 18.0 Å². The second kappa shape index (κ2) is 4.90. The maximum atomic E-state index is 14.4. The number of alkyl halides is 2. The number of H-pyrrole nitrogens is 1. The van der Waals surface area contributed by atoms with Crippen LogP contribution in [0.2, 0.25) is 0 Å². The fraction of sp³-hybridized carbons (Fsp3) is 0.438. The number of aromatic nitrogens is 3. The Kier molecular flexibility index (Phi) is 3.04. The number of nitrogens with zero attached hydrogens (tertiary/aromatic N) is 4. The Hall–Kier alpha value is -2.69. The zero-order valence-electron chi connectivity index (χ0n) is 12.8. The van der Waals surface area contributed by atoms with E-state index in [-0.39, 0.29) is 19.4 Å². The summed E-state index contributed by atoms with van der Waals surface area (Å²) in [6.07, 6.45) is 8.31. The minimum absolute atomic E-state index is 0.0353. The molecule has 0 aliphatic carbocycles. The van der Waals surface area contributed by atoms with Crippen molar-refractivity contribution in [2.45, 2.75) is 24.3 Å². The number of carbonyl (C=O) groups is 1. The van der Waals surface area contributed by atoms with Crippen LogP contribution in [0.5, 0.6) is 0 Å². The summed E-state index contributed by atoms with van der Waals surface area (Å²) < 4.78 is 28.8. The van der Waals surface area contributed by atoms with Crippen molar-refractivity contribution in [2.75, 3.05) is 24.5 Å². The molecule has 2 aliphatic rings. The highest BCUT2D eigenvalue weighted by atomic mass is 19.3. The quantitative estimate of drug-likeness (QED) is 0.845. The summed E-state index contributed by atoms with van der Waals surface area (Å²) in [7, 11) is 0. The molecule has 1 atom stereocenters. The first-order chi connectivity index (χ1) is 11.5. The number of carbonyl (C=O) groups excluding carboxylic acids is 1. The van der Waals surface area contributed by atoms with Crippen LogP contribution < -0.4 is 4.90 Å². The largest absolute Gasteiger partial charge is 0.353 e. The topological polar surface area (TPSA) is 65.1 Å². The van der Waals surface area contributed by atoms with Gasteiger partial charge < -0.3 is 14.8 Å². The van der Waals surface area contributed by atoms with Crippen LogP contribution in [-0.4, -0.2) is 56.9 Å². The van der Waals surface area contributed by atoms with Gasteiger partial charge in [-0.15, -0.1) is 6.42 Å². The molecular weight excluding hydrogens is 316 g/mol. The molecule has 0 aromatic carbocycles. The van der Waals surface area contributed by atoms with Crippen molar-refractivity contribution in [1.82, 2.24) is 19.9 Å². The number of aromatic amines is 1. The number of nitrogens with one attached hydrogen (secondary N) is 1. The number of fused-ring (bicyclic) bond motifs is 1. The Bertz CT molecular complexity index is 858. The third-order valence-electron chi connectivity index (χ3n) is 4.99. The number of halogens is 2. The van der Waals surface area contributed by atoms with Gasteiger partial charge in [0.05, 0.1) is 18.4 Å². The van der Waals surface area contributed by atoms with Gasteiger partial charge in [-0.25, -0.2) is 18.7 Å². The van der Waals surface area contributed by atoms with Gasteiger partial charge in [0.1, 0.15) is 23.3 Å². The first-order valence-corrected chi connectivity index (χ1v) is 7.63. The molecule has 2 aliphatic heterocycles. The number of hydrogen-bond donors (Lipinski definition) is 1. The van der Waals surface area contributed by atoms with Gasteiger partial charge in [-0.05, 0) is 12.5 Å². The Morgan fingerprint density at radius 1 is 1.42 bits per heavy atom. The highest BCUT2D eigenvalue weighted by Crippen LogP contribution is 2.51. The first-order valence-electron chi connectivity index (χ1n) is 7.63. The Morgan fingerprint density at radius 2 is 2.25 bits per heavy atom. The average molecular weight is 331 g/mol. The van der Waals surface area contributed by atoms with E-state index in [1.165, 1.54) is 11.2 Å². The van der Waals surface area contributed by atoms with Crippen LogP contribution in [0, 0.1) is 12.3 Å². The Labute approximate surface area is 136 Å². The molecule has 8 heteroatoms. The predicted molar refractivity (Wildman–Crippen MR) is 83.6 cm³/mol. The second-order valence-electron chi connectivity index (χ2n) is 6.21. The van der Waals surface area contributed by atoms with Gasteiger partial charge in [0.2, 0.25) is 5.91 Å². The van der Waals surface area contributed by atoms with Gasteiger partial charge in [-0.2, -0.15) is 0 Å². The lowest BCUT2D eigenvalue weighted by Crippen LogP contribution is -2.77. The molecule has 0 radical (unpaired) electrons. The van der Waals surface area contributed by atoms with Crippen LogP contribution >= 0.6 is 0 Å². The molecule has 1 amide bonds. The van der Waals surface area contributed by atoms with Crippen LogP contribution in [0.3, 0.4) is 0 Å². The third kappa shape index (κ3) is 1.84. The molecule has 24 heavy (non-hydrogen) atoms. The van der Waals surface area contributed by atoms with Gasteiger partial charge in [0.25, 0.3) is 5.92 Å². The fourth-order valence-corrected chi connectivity index (χ4v) is 3.72. The van der Waals surface area contributed by atoms with Gasteiger partial charge in [0, 0.05) is 19.3 Å². The summed E-state index contributed by atoms with van der Waals surface area (Å²) in [5.74, 6) is -0.496. The zero-order valence-corrected chi connectivity index (χ0v) is 12.8. The maximum Gasteiger partial charge on any atom is 0.289 e. The molecule has 2 aromatic heterocycles. The molecule has 6 nitrogen and oxygen atoms in total. The minimum atomic E-state index is -2.92. The van der Waals surface area contributed by atoms with Gasteiger partial charge in [-0.1, -0.05) is 5.92 Å². The van der Waals surface area contributed by atoms with E-state index >= 15 is 0 Å². The molecule has 124 valence electrons. The lowest BCUT2D eigenvalue weighted by atomic mass is 9.79. The van der Waals surface area contributed by atoms with E-state index in [1.54, 1.807) is 11.1 Å². The normalized spacial score (nSPS) is 25.0. The summed E-state index contributed by atoms with van der Waals surface area (Å²) in [6.45, 7) is -0.134. The highest BCUT2D eigenvalue weighted by Gasteiger charge is 2.70. The summed E-state index contributed by atoms with van der Waals surface area (Å²) >= 11 is 0. The zero-order chi connectivity index (χ0) is 16.9. The fourth-order valence-electron chi connectivity index (χ4n) is 3.72. The molecule has 0 saturated carbocycles. The van der Waals surface area contributed by atoms with Gasteiger partial charge in [0.15, 0.2) is 0 Å². The van der Waals surface area contributed by atoms with Crippen molar-refractivity contribution in [3.05, 3.63) is 18.6 Å². The number of hydrogen-bond acceptors (Lipinski definition) is 4. The van der Waals surface area contributed by atoms with Crippen molar-refractivity contribution in [2.24, 2.45) is 0 Å². The SMILES string of the molecule is C#CCC(=O)N1CC(F)(F)[C@]12CCN(c1ncnc3[nH]ccc13)C2. The van der Waals surface area contributed by atoms with Crippen molar-refractivity contribution in [3.63, 3.8) is 0 Å². The molecule has 2 fully saturated rings. The average Bonchev–Trinajstić information content (AvgIpc) is 3.21. The summed E-state index contributed by atoms with van der Waals surface area (Å²) in [5.41, 5.74) is -0.837. The van der Waals surface area contributed by atoms with E-state index in [1.807, 2.05) is 6.07 Å². The third-order valence-corrected chi connectivity index (χ3v) is 4.99. The van der Waals surface area contributed by atoms with E-state index < -0.39 is 23.9 Å². The number of amides is 1. The number of anilines is 1. The molecule has 0 unspecified atom stereocenters. The van der Waals surface area contributed by atoms with E-state index in [4.69, 9.17) is 6.42 Å². The summed E-state index contributed by atoms with van der Waals surface area (Å²) in [6, 6.07) is 1.82. The van der Waals surface area contributed by atoms with Crippen LogP contribution in [0.25, 0.3) is 11.0 Å². The molecule has 2 aromatic rings. The molecule has 0 bridgehead atoms. The van der Waals surface area contributed by atoms with Crippen molar-refractivity contribution < 1.29 is 13.6 Å². The smallest absolute Gasteiger partial charge is 0.289 e. The Morgan fingerprint density at radius 3 is 3.00 bits per heavy atom. The van der Waals surface area contributed by atoms with E-state index in [0.717, 1.165) is 5.39 Å². The molecule has 1 N–H and O–H groups in total. The van der Waals surface area contributed by atoms with Crippen LogP contribution in [0.1, 0.15) is 12.8 Å². The van der Waals surface area contributed by atoms with Gasteiger partial charge >= 0.3 is 0 Å². The minimum Gasteiger partial charge on any atom is -0.353 e. The maximum absolute atomic E-state index is 14.4. The molecular formula is C16H15F2N5O. The number of rotatable bonds is 2. The van der Waals surface area contributed by atoms with Gasteiger partial charge in [-0.3, -0.25) is 4.79 Å². The summed E-state index contributed by atoms with van der Waals surface area (Å²) in [5, 5.41) is 0.777. The van der Waals surface area contributed by atoms with Crippen LogP contribution in [0.15, 0.2) is 18.6 Å². The Balaban J connectivity index is 1.66. The number of likely N-dealkylation sites (tertiary alicyclic amines) is 1. The lowest BCUT2D eigenvalue weighted by Gasteiger charge is -2.56. The standard InChI is InChI=1S/C16H15F2N5O/c1-2-3-12(24)23-9-16(17,18)15(23)5-7-22(8-15)14-11-4-6-19-13(11)20-10-21-14/h1,4,6,10H,3,5,7-9H2,(H,19,20,21)/t15-/m1/s1. The lowest BCUT2D eigenvalue weighted by molar-refractivity contribution is -0.233. The first kappa shape index (κ1) is 14.9. The van der Waals surface area contributed by atoms with E-state index in [2.05, 4.69) is 20.9 Å². The highest BCUT2D eigenvalue weighted by molar-refractivity contribution is 5.88. The van der Waals surface area contributed by atoms with Crippen molar-refractivity contribution in [3.8, 4) is 12.3 Å². The monoisotopic (exact) mass is 331 g/mol. The molecule has 4 rings (SSSR count). The number of terminal acetylenes is 1. The predicted octanol–water partition coefficient (Wildman–Crippen LogP) is 1.41. The van der Waals surface area contributed by atoms with Crippen LogP contribution in [-0.2, 0) is 4.79 Å². The molecule has 4 heterocycles. The summed E-state index contributed by atoms with van der Waals surface area (Å²) in [4.78, 5) is 26.5.